The lowest BCUT2D eigenvalue weighted by Gasteiger charge is -2.13. The average Bonchev–Trinajstić information content (AvgIpc) is 3.21. The highest BCUT2D eigenvalue weighted by Gasteiger charge is 2.17. The summed E-state index contributed by atoms with van der Waals surface area (Å²) in [5.41, 5.74) is 8.36. The highest BCUT2D eigenvalue weighted by Crippen LogP contribution is 2.32. The van der Waals surface area contributed by atoms with E-state index in [9.17, 15) is 0 Å². The van der Waals surface area contributed by atoms with Crippen molar-refractivity contribution in [2.45, 2.75) is 27.4 Å². The number of hydrogen-bond acceptors (Lipinski definition) is 4. The van der Waals surface area contributed by atoms with Crippen LogP contribution in [-0.4, -0.2) is 24.5 Å². The molecule has 5 heteroatoms. The molecule has 0 aliphatic rings. The number of aryl methyl sites for hydroxylation is 1. The Kier molecular flexibility index (Phi) is 7.02. The third-order valence-corrected chi connectivity index (χ3v) is 5.85. The van der Waals surface area contributed by atoms with E-state index in [1.807, 2.05) is 49.4 Å². The van der Waals surface area contributed by atoms with Gasteiger partial charge >= 0.3 is 0 Å². The predicted octanol–water partition coefficient (Wildman–Crippen LogP) is 6.72. The van der Waals surface area contributed by atoms with E-state index < -0.39 is 0 Å². The SMILES string of the molecule is COc1ccc(-n2c(-c3cccc(OC)c3)cc(/C(C)=N\OCc3cccc(C)c3)c2C)cc1. The van der Waals surface area contributed by atoms with Gasteiger partial charge in [-0.15, -0.1) is 0 Å². The topological polar surface area (TPSA) is 45.0 Å². The lowest BCUT2D eigenvalue weighted by Crippen LogP contribution is -2.03. The molecule has 0 N–H and O–H groups in total. The van der Waals surface area contributed by atoms with Gasteiger partial charge in [0, 0.05) is 22.5 Å². The third kappa shape index (κ3) is 4.99. The average molecular weight is 455 g/mol. The van der Waals surface area contributed by atoms with Crippen LogP contribution < -0.4 is 9.47 Å². The first kappa shape index (κ1) is 23.2. The van der Waals surface area contributed by atoms with Crippen molar-refractivity contribution in [3.8, 4) is 28.4 Å². The van der Waals surface area contributed by atoms with Gasteiger partial charge in [-0.25, -0.2) is 0 Å². The molecule has 0 fully saturated rings. The second-order valence-corrected chi connectivity index (χ2v) is 8.23. The minimum atomic E-state index is 0.431. The van der Waals surface area contributed by atoms with Crippen molar-refractivity contribution < 1.29 is 14.3 Å². The minimum Gasteiger partial charge on any atom is -0.497 e. The standard InChI is InChI=1S/C29H30N2O3/c1-20-8-6-9-23(16-20)19-34-30-21(2)28-18-29(24-10-7-11-27(17-24)33-5)31(22(28)3)25-12-14-26(32-4)15-13-25/h6-18H,19H2,1-5H3/b30-21-. The first-order chi connectivity index (χ1) is 16.5. The maximum atomic E-state index is 5.72. The molecule has 0 atom stereocenters. The lowest BCUT2D eigenvalue weighted by molar-refractivity contribution is 0.130. The third-order valence-electron chi connectivity index (χ3n) is 5.85. The monoisotopic (exact) mass is 454 g/mol. The van der Waals surface area contributed by atoms with Gasteiger partial charge in [0.15, 0.2) is 0 Å². The number of benzene rings is 3. The van der Waals surface area contributed by atoms with Gasteiger partial charge in [0.05, 0.1) is 25.6 Å². The number of hydrogen-bond donors (Lipinski definition) is 0. The van der Waals surface area contributed by atoms with Crippen LogP contribution in [0.4, 0.5) is 0 Å². The number of aromatic nitrogens is 1. The van der Waals surface area contributed by atoms with Crippen molar-refractivity contribution in [1.82, 2.24) is 4.57 Å². The molecular weight excluding hydrogens is 424 g/mol. The van der Waals surface area contributed by atoms with Crippen LogP contribution in [0.15, 0.2) is 84.0 Å². The Morgan fingerprint density at radius 2 is 1.56 bits per heavy atom. The lowest BCUT2D eigenvalue weighted by atomic mass is 10.1. The van der Waals surface area contributed by atoms with Gasteiger partial charge in [-0.05, 0) is 68.8 Å². The smallest absolute Gasteiger partial charge is 0.142 e. The van der Waals surface area contributed by atoms with E-state index in [0.29, 0.717) is 6.61 Å². The number of rotatable bonds is 8. The molecule has 1 heterocycles. The van der Waals surface area contributed by atoms with E-state index in [0.717, 1.165) is 51.0 Å². The molecule has 1 aromatic heterocycles. The minimum absolute atomic E-state index is 0.431. The molecule has 0 saturated carbocycles. The molecule has 34 heavy (non-hydrogen) atoms. The number of oxime groups is 1. The van der Waals surface area contributed by atoms with Crippen molar-refractivity contribution in [1.29, 1.82) is 0 Å². The molecule has 0 aliphatic heterocycles. The highest BCUT2D eigenvalue weighted by molar-refractivity contribution is 6.01. The Morgan fingerprint density at radius 3 is 2.26 bits per heavy atom. The summed E-state index contributed by atoms with van der Waals surface area (Å²) in [6, 6.07) is 26.5. The van der Waals surface area contributed by atoms with Gasteiger partial charge < -0.3 is 18.9 Å². The van der Waals surface area contributed by atoms with E-state index >= 15 is 0 Å². The summed E-state index contributed by atoms with van der Waals surface area (Å²) in [5.74, 6) is 1.63. The van der Waals surface area contributed by atoms with Crippen LogP contribution in [0.5, 0.6) is 11.5 Å². The van der Waals surface area contributed by atoms with E-state index in [4.69, 9.17) is 14.3 Å². The van der Waals surface area contributed by atoms with Crippen LogP contribution in [-0.2, 0) is 11.4 Å². The Morgan fingerprint density at radius 1 is 0.824 bits per heavy atom. The van der Waals surface area contributed by atoms with E-state index in [2.05, 4.69) is 60.0 Å². The quantitative estimate of drug-likeness (QED) is 0.219. The molecular formula is C29H30N2O3. The molecule has 0 amide bonds. The summed E-state index contributed by atoms with van der Waals surface area (Å²) in [7, 11) is 3.35. The zero-order valence-corrected chi connectivity index (χ0v) is 20.3. The number of ether oxygens (including phenoxy) is 2. The maximum Gasteiger partial charge on any atom is 0.142 e. The molecule has 0 spiro atoms. The highest BCUT2D eigenvalue weighted by atomic mass is 16.6. The molecule has 0 bridgehead atoms. The van der Waals surface area contributed by atoms with Crippen molar-refractivity contribution in [2.75, 3.05) is 14.2 Å². The zero-order chi connectivity index (χ0) is 24.1. The normalized spacial score (nSPS) is 11.4. The molecule has 174 valence electrons. The van der Waals surface area contributed by atoms with Crippen molar-refractivity contribution in [2.24, 2.45) is 5.16 Å². The largest absolute Gasteiger partial charge is 0.497 e. The Bertz CT molecular complexity index is 1300. The molecule has 4 aromatic rings. The van der Waals surface area contributed by atoms with Crippen LogP contribution in [0.1, 0.15) is 29.3 Å². The van der Waals surface area contributed by atoms with Crippen molar-refractivity contribution >= 4 is 5.71 Å². The van der Waals surface area contributed by atoms with Gasteiger partial charge in [0.1, 0.15) is 18.1 Å². The molecule has 0 saturated heterocycles. The fraction of sp³-hybridized carbons (Fsp3) is 0.207. The van der Waals surface area contributed by atoms with Crippen LogP contribution >= 0.6 is 0 Å². The van der Waals surface area contributed by atoms with E-state index in [1.54, 1.807) is 14.2 Å². The second-order valence-electron chi connectivity index (χ2n) is 8.23. The van der Waals surface area contributed by atoms with E-state index in [1.165, 1.54) is 5.56 Å². The van der Waals surface area contributed by atoms with Gasteiger partial charge in [-0.1, -0.05) is 47.1 Å². The molecule has 0 radical (unpaired) electrons. The summed E-state index contributed by atoms with van der Waals surface area (Å²) in [4.78, 5) is 5.72. The summed E-state index contributed by atoms with van der Waals surface area (Å²) in [6.07, 6.45) is 0. The van der Waals surface area contributed by atoms with Crippen molar-refractivity contribution in [3.05, 3.63) is 101 Å². The Labute approximate surface area is 201 Å². The first-order valence-corrected chi connectivity index (χ1v) is 11.2. The van der Waals surface area contributed by atoms with Crippen LogP contribution in [0.25, 0.3) is 16.9 Å². The second kappa shape index (κ2) is 10.3. The fourth-order valence-corrected chi connectivity index (χ4v) is 4.09. The van der Waals surface area contributed by atoms with Crippen LogP contribution in [0.3, 0.4) is 0 Å². The zero-order valence-electron chi connectivity index (χ0n) is 20.3. The molecule has 5 nitrogen and oxygen atoms in total. The van der Waals surface area contributed by atoms with Crippen molar-refractivity contribution in [3.63, 3.8) is 0 Å². The number of methoxy groups -OCH3 is 2. The first-order valence-electron chi connectivity index (χ1n) is 11.2. The van der Waals surface area contributed by atoms with Gasteiger partial charge in [0.2, 0.25) is 0 Å². The Balaban J connectivity index is 1.73. The van der Waals surface area contributed by atoms with Crippen LogP contribution in [0, 0.1) is 13.8 Å². The summed E-state index contributed by atoms with van der Waals surface area (Å²) < 4.78 is 13.0. The molecule has 0 aliphatic carbocycles. The van der Waals surface area contributed by atoms with Gasteiger partial charge in [-0.3, -0.25) is 0 Å². The van der Waals surface area contributed by atoms with E-state index in [-0.39, 0.29) is 0 Å². The van der Waals surface area contributed by atoms with Crippen LogP contribution in [0.2, 0.25) is 0 Å². The maximum absolute atomic E-state index is 5.72. The number of nitrogens with zero attached hydrogens (tertiary/aromatic N) is 2. The summed E-state index contributed by atoms with van der Waals surface area (Å²) in [5, 5.41) is 4.44. The Hall–Kier alpha value is -3.99. The summed E-state index contributed by atoms with van der Waals surface area (Å²) in [6.45, 7) is 6.58. The fourth-order valence-electron chi connectivity index (χ4n) is 4.09. The predicted molar refractivity (Wildman–Crippen MR) is 137 cm³/mol. The van der Waals surface area contributed by atoms with Gasteiger partial charge in [0.25, 0.3) is 0 Å². The summed E-state index contributed by atoms with van der Waals surface area (Å²) >= 11 is 0. The van der Waals surface area contributed by atoms with Gasteiger partial charge in [-0.2, -0.15) is 0 Å². The molecule has 3 aromatic carbocycles. The molecule has 0 unspecified atom stereocenters. The molecule has 4 rings (SSSR count).